The van der Waals surface area contributed by atoms with Crippen molar-refractivity contribution in [3.8, 4) is 11.3 Å². The van der Waals surface area contributed by atoms with Gasteiger partial charge in [-0.25, -0.2) is 15.2 Å². The number of halogens is 1. The minimum Gasteiger partial charge on any atom is -0.289 e. The molecule has 5 heteroatoms. The molecule has 0 aliphatic heterocycles. The summed E-state index contributed by atoms with van der Waals surface area (Å²) in [5, 5.41) is 0. The molecule has 1 aromatic heterocycles. The molecule has 0 radical (unpaired) electrons. The SMILES string of the molecule is NNC(=O)c1cccc(-c2ccc(F)cc2)n1. The van der Waals surface area contributed by atoms with Crippen LogP contribution in [-0.4, -0.2) is 10.9 Å². The Morgan fingerprint density at radius 2 is 1.88 bits per heavy atom. The Labute approximate surface area is 97.3 Å². The van der Waals surface area contributed by atoms with Gasteiger partial charge in [-0.3, -0.25) is 10.2 Å². The molecule has 3 N–H and O–H groups in total. The van der Waals surface area contributed by atoms with E-state index in [1.807, 2.05) is 5.43 Å². The summed E-state index contributed by atoms with van der Waals surface area (Å²) >= 11 is 0. The van der Waals surface area contributed by atoms with E-state index in [0.717, 1.165) is 5.56 Å². The molecular formula is C12H10FN3O. The zero-order chi connectivity index (χ0) is 12.3. The molecule has 0 bridgehead atoms. The molecule has 0 aliphatic carbocycles. The highest BCUT2D eigenvalue weighted by molar-refractivity contribution is 5.92. The smallest absolute Gasteiger partial charge is 0.283 e. The molecule has 0 saturated heterocycles. The van der Waals surface area contributed by atoms with Gasteiger partial charge in [0.1, 0.15) is 11.5 Å². The van der Waals surface area contributed by atoms with Gasteiger partial charge < -0.3 is 0 Å². The lowest BCUT2D eigenvalue weighted by atomic mass is 10.1. The molecule has 2 aromatic rings. The maximum atomic E-state index is 12.8. The van der Waals surface area contributed by atoms with Crippen LogP contribution >= 0.6 is 0 Å². The highest BCUT2D eigenvalue weighted by Crippen LogP contribution is 2.17. The van der Waals surface area contributed by atoms with Crippen LogP contribution in [0.1, 0.15) is 10.5 Å². The van der Waals surface area contributed by atoms with Gasteiger partial charge in [0.25, 0.3) is 5.91 Å². The topological polar surface area (TPSA) is 68.0 Å². The van der Waals surface area contributed by atoms with Gasteiger partial charge in [0, 0.05) is 5.56 Å². The number of nitrogens with one attached hydrogen (secondary N) is 1. The normalized spacial score (nSPS) is 10.0. The number of nitrogens with zero attached hydrogens (tertiary/aromatic N) is 1. The highest BCUT2D eigenvalue weighted by atomic mass is 19.1. The molecule has 0 fully saturated rings. The van der Waals surface area contributed by atoms with Crippen LogP contribution in [0.3, 0.4) is 0 Å². The Kier molecular flexibility index (Phi) is 3.11. The maximum absolute atomic E-state index is 12.8. The first-order valence-corrected chi connectivity index (χ1v) is 4.94. The second-order valence-electron chi connectivity index (χ2n) is 3.39. The molecule has 17 heavy (non-hydrogen) atoms. The number of pyridine rings is 1. The molecule has 0 atom stereocenters. The van der Waals surface area contributed by atoms with Crippen LogP contribution in [0, 0.1) is 5.82 Å². The van der Waals surface area contributed by atoms with Crippen molar-refractivity contribution in [2.75, 3.05) is 0 Å². The van der Waals surface area contributed by atoms with Gasteiger partial charge in [0.2, 0.25) is 0 Å². The molecular weight excluding hydrogens is 221 g/mol. The Morgan fingerprint density at radius 3 is 2.53 bits per heavy atom. The molecule has 2 rings (SSSR count). The summed E-state index contributed by atoms with van der Waals surface area (Å²) in [4.78, 5) is 15.4. The van der Waals surface area contributed by atoms with Gasteiger partial charge in [-0.15, -0.1) is 0 Å². The van der Waals surface area contributed by atoms with E-state index in [4.69, 9.17) is 5.84 Å². The van der Waals surface area contributed by atoms with Crippen LogP contribution in [0.5, 0.6) is 0 Å². The van der Waals surface area contributed by atoms with Gasteiger partial charge in [-0.05, 0) is 36.4 Å². The lowest BCUT2D eigenvalue weighted by molar-refractivity contribution is 0.0949. The van der Waals surface area contributed by atoms with Gasteiger partial charge in [-0.2, -0.15) is 0 Å². The first kappa shape index (κ1) is 11.2. The second kappa shape index (κ2) is 4.71. The number of hydrazine groups is 1. The summed E-state index contributed by atoms with van der Waals surface area (Å²) in [6, 6.07) is 10.9. The van der Waals surface area contributed by atoms with Crippen molar-refractivity contribution in [2.45, 2.75) is 0 Å². The lowest BCUT2D eigenvalue weighted by Gasteiger charge is -2.03. The Hall–Kier alpha value is -2.27. The third-order valence-electron chi connectivity index (χ3n) is 2.25. The molecule has 0 spiro atoms. The van der Waals surface area contributed by atoms with Crippen LogP contribution in [0.25, 0.3) is 11.3 Å². The molecule has 0 saturated carbocycles. The van der Waals surface area contributed by atoms with E-state index in [1.165, 1.54) is 12.1 Å². The summed E-state index contributed by atoms with van der Waals surface area (Å²) in [6.07, 6.45) is 0. The summed E-state index contributed by atoms with van der Waals surface area (Å²) in [5.41, 5.74) is 3.55. The number of carbonyl (C=O) groups excluding carboxylic acids is 1. The first-order valence-electron chi connectivity index (χ1n) is 4.94. The van der Waals surface area contributed by atoms with Crippen molar-refractivity contribution in [2.24, 2.45) is 5.84 Å². The van der Waals surface area contributed by atoms with E-state index < -0.39 is 5.91 Å². The van der Waals surface area contributed by atoms with Crippen molar-refractivity contribution < 1.29 is 9.18 Å². The molecule has 1 heterocycles. The molecule has 0 unspecified atom stereocenters. The number of rotatable bonds is 2. The zero-order valence-corrected chi connectivity index (χ0v) is 8.85. The zero-order valence-electron chi connectivity index (χ0n) is 8.85. The second-order valence-corrected chi connectivity index (χ2v) is 3.39. The Balaban J connectivity index is 2.39. The summed E-state index contributed by atoms with van der Waals surface area (Å²) in [5.74, 6) is 4.24. The van der Waals surface area contributed by atoms with Gasteiger partial charge in [0.05, 0.1) is 5.69 Å². The number of benzene rings is 1. The summed E-state index contributed by atoms with van der Waals surface area (Å²) in [7, 11) is 0. The number of aromatic nitrogens is 1. The Morgan fingerprint density at radius 1 is 1.18 bits per heavy atom. The minimum atomic E-state index is -0.464. The fraction of sp³-hybridized carbons (Fsp3) is 0. The minimum absolute atomic E-state index is 0.217. The molecule has 1 aromatic carbocycles. The number of amides is 1. The number of hydrogen-bond donors (Lipinski definition) is 2. The number of nitrogens with two attached hydrogens (primary N) is 1. The Bertz CT molecular complexity index is 540. The number of nitrogen functional groups attached to an aromatic ring is 1. The largest absolute Gasteiger partial charge is 0.289 e. The van der Waals surface area contributed by atoms with Crippen molar-refractivity contribution in [3.05, 3.63) is 54.0 Å². The summed E-state index contributed by atoms with van der Waals surface area (Å²) < 4.78 is 12.8. The predicted octanol–water partition coefficient (Wildman–Crippen LogP) is 1.49. The van der Waals surface area contributed by atoms with E-state index in [9.17, 15) is 9.18 Å². The van der Waals surface area contributed by atoms with Crippen LogP contribution in [0.4, 0.5) is 4.39 Å². The van der Waals surface area contributed by atoms with Gasteiger partial charge in [0.15, 0.2) is 0 Å². The molecule has 86 valence electrons. The number of carbonyl (C=O) groups is 1. The van der Waals surface area contributed by atoms with Crippen molar-refractivity contribution in [3.63, 3.8) is 0 Å². The predicted molar refractivity (Wildman–Crippen MR) is 61.3 cm³/mol. The van der Waals surface area contributed by atoms with Crippen molar-refractivity contribution in [1.82, 2.24) is 10.4 Å². The first-order chi connectivity index (χ1) is 8.20. The van der Waals surface area contributed by atoms with E-state index in [-0.39, 0.29) is 11.5 Å². The van der Waals surface area contributed by atoms with Gasteiger partial charge >= 0.3 is 0 Å². The quantitative estimate of drug-likeness (QED) is 0.467. The van der Waals surface area contributed by atoms with Crippen molar-refractivity contribution >= 4 is 5.91 Å². The van der Waals surface area contributed by atoms with E-state index in [2.05, 4.69) is 4.98 Å². The van der Waals surface area contributed by atoms with E-state index in [1.54, 1.807) is 30.3 Å². The third-order valence-corrected chi connectivity index (χ3v) is 2.25. The van der Waals surface area contributed by atoms with Gasteiger partial charge in [-0.1, -0.05) is 6.07 Å². The van der Waals surface area contributed by atoms with E-state index in [0.29, 0.717) is 5.69 Å². The van der Waals surface area contributed by atoms with Crippen LogP contribution < -0.4 is 11.3 Å². The number of hydrogen-bond acceptors (Lipinski definition) is 3. The summed E-state index contributed by atoms with van der Waals surface area (Å²) in [6.45, 7) is 0. The average molecular weight is 231 g/mol. The molecule has 0 aliphatic rings. The standard InChI is InChI=1S/C12H10FN3O/c13-9-6-4-8(5-7-9)10-2-1-3-11(15-10)12(17)16-14/h1-7H,14H2,(H,16,17). The average Bonchev–Trinajstić information content (AvgIpc) is 2.39. The van der Waals surface area contributed by atoms with E-state index >= 15 is 0 Å². The lowest BCUT2D eigenvalue weighted by Crippen LogP contribution is -2.30. The highest BCUT2D eigenvalue weighted by Gasteiger charge is 2.06. The van der Waals surface area contributed by atoms with Crippen LogP contribution in [-0.2, 0) is 0 Å². The molecule has 4 nitrogen and oxygen atoms in total. The fourth-order valence-electron chi connectivity index (χ4n) is 1.42. The van der Waals surface area contributed by atoms with Crippen LogP contribution in [0.15, 0.2) is 42.5 Å². The monoisotopic (exact) mass is 231 g/mol. The van der Waals surface area contributed by atoms with Crippen LogP contribution in [0.2, 0.25) is 0 Å². The fourth-order valence-corrected chi connectivity index (χ4v) is 1.42. The third kappa shape index (κ3) is 2.46. The van der Waals surface area contributed by atoms with Crippen molar-refractivity contribution in [1.29, 1.82) is 0 Å². The maximum Gasteiger partial charge on any atom is 0.283 e. The molecule has 1 amide bonds.